The van der Waals surface area contributed by atoms with Gasteiger partial charge in [-0.1, -0.05) is 11.6 Å². The molecule has 25 heavy (non-hydrogen) atoms. The fourth-order valence-corrected chi connectivity index (χ4v) is 2.07. The van der Waals surface area contributed by atoms with Gasteiger partial charge in [0, 0.05) is 11.8 Å². The highest BCUT2D eigenvalue weighted by molar-refractivity contribution is 6.31. The van der Waals surface area contributed by atoms with Gasteiger partial charge in [-0.25, -0.2) is 9.97 Å². The molecule has 2 heterocycles. The van der Waals surface area contributed by atoms with Crippen LogP contribution in [0.25, 0.3) is 0 Å². The minimum absolute atomic E-state index is 0.0514. The second-order valence-electron chi connectivity index (χ2n) is 4.90. The number of aromatic nitrogens is 2. The van der Waals surface area contributed by atoms with Crippen LogP contribution in [0.15, 0.2) is 24.5 Å². The van der Waals surface area contributed by atoms with Crippen LogP contribution in [-0.2, 0) is 6.18 Å². The minimum atomic E-state index is -4.53. The lowest BCUT2D eigenvalue weighted by Crippen LogP contribution is -2.14. The van der Waals surface area contributed by atoms with E-state index in [1.807, 2.05) is 0 Å². The molecule has 0 radical (unpaired) electrons. The zero-order valence-corrected chi connectivity index (χ0v) is 13.6. The third-order valence-electron chi connectivity index (χ3n) is 3.06. The van der Waals surface area contributed by atoms with Crippen molar-refractivity contribution in [3.8, 4) is 5.88 Å². The summed E-state index contributed by atoms with van der Waals surface area (Å²) in [5.41, 5.74) is -0.619. The molecular formula is C14H12ClF3N4O3. The van der Waals surface area contributed by atoms with E-state index in [1.165, 1.54) is 6.07 Å². The van der Waals surface area contributed by atoms with Gasteiger partial charge >= 0.3 is 6.18 Å². The van der Waals surface area contributed by atoms with Crippen molar-refractivity contribution in [1.29, 1.82) is 0 Å². The maximum absolute atomic E-state index is 12.5. The Morgan fingerprint density at radius 3 is 2.60 bits per heavy atom. The minimum Gasteiger partial charge on any atom is -0.475 e. The number of nitrogens with zero attached hydrogens (tertiary/aromatic N) is 3. The molecule has 0 aromatic carbocycles. The molecule has 0 spiro atoms. The van der Waals surface area contributed by atoms with E-state index in [0.29, 0.717) is 17.6 Å². The molecule has 0 atom stereocenters. The van der Waals surface area contributed by atoms with Crippen molar-refractivity contribution in [3.63, 3.8) is 0 Å². The summed E-state index contributed by atoms with van der Waals surface area (Å²) >= 11 is 5.72. The lowest BCUT2D eigenvalue weighted by Gasteiger charge is -2.11. The predicted molar refractivity (Wildman–Crippen MR) is 83.9 cm³/mol. The molecule has 1 N–H and O–H groups in total. The highest BCUT2D eigenvalue weighted by atomic mass is 35.5. The molecule has 0 saturated carbocycles. The van der Waals surface area contributed by atoms with Crippen LogP contribution in [-0.4, -0.2) is 28.0 Å². The highest BCUT2D eigenvalue weighted by Crippen LogP contribution is 2.33. The first-order chi connectivity index (χ1) is 11.7. The SMILES string of the molecule is Cc1cc(NCCOc2ncc(C(F)(F)F)cc2Cl)ncc1[N+](=O)[O-]. The summed E-state index contributed by atoms with van der Waals surface area (Å²) in [6.45, 7) is 1.87. The Labute approximate surface area is 145 Å². The third kappa shape index (κ3) is 4.92. The maximum atomic E-state index is 12.5. The van der Waals surface area contributed by atoms with E-state index in [2.05, 4.69) is 15.3 Å². The molecule has 0 amide bonds. The van der Waals surface area contributed by atoms with E-state index in [4.69, 9.17) is 16.3 Å². The lowest BCUT2D eigenvalue weighted by atomic mass is 10.2. The fraction of sp³-hybridized carbons (Fsp3) is 0.286. The van der Waals surface area contributed by atoms with E-state index < -0.39 is 16.7 Å². The molecule has 0 fully saturated rings. The molecule has 0 unspecified atom stereocenters. The summed E-state index contributed by atoms with van der Waals surface area (Å²) in [4.78, 5) is 17.6. The van der Waals surface area contributed by atoms with Crippen LogP contribution in [0.5, 0.6) is 5.88 Å². The first-order valence-electron chi connectivity index (χ1n) is 6.89. The van der Waals surface area contributed by atoms with E-state index in [0.717, 1.165) is 12.3 Å². The van der Waals surface area contributed by atoms with Gasteiger partial charge < -0.3 is 10.1 Å². The van der Waals surface area contributed by atoms with Crippen molar-refractivity contribution in [2.75, 3.05) is 18.5 Å². The first kappa shape index (κ1) is 18.7. The van der Waals surface area contributed by atoms with Gasteiger partial charge in [-0.15, -0.1) is 0 Å². The van der Waals surface area contributed by atoms with Crippen LogP contribution in [0.2, 0.25) is 5.02 Å². The van der Waals surface area contributed by atoms with Crippen molar-refractivity contribution in [3.05, 3.63) is 50.8 Å². The van der Waals surface area contributed by atoms with Crippen LogP contribution in [0.1, 0.15) is 11.1 Å². The quantitative estimate of drug-likeness (QED) is 0.468. The van der Waals surface area contributed by atoms with E-state index in [-0.39, 0.29) is 29.7 Å². The fourth-order valence-electron chi connectivity index (χ4n) is 1.85. The van der Waals surface area contributed by atoms with Crippen molar-refractivity contribution >= 4 is 23.1 Å². The summed E-state index contributed by atoms with van der Waals surface area (Å²) in [6, 6.07) is 2.24. The molecule has 2 aromatic rings. The second kappa shape index (κ2) is 7.51. The molecule has 0 bridgehead atoms. The summed E-state index contributed by atoms with van der Waals surface area (Å²) in [5.74, 6) is 0.280. The second-order valence-corrected chi connectivity index (χ2v) is 5.30. The average Bonchev–Trinajstić information content (AvgIpc) is 2.51. The van der Waals surface area contributed by atoms with Gasteiger partial charge in [-0.2, -0.15) is 13.2 Å². The van der Waals surface area contributed by atoms with Gasteiger partial charge in [-0.05, 0) is 19.1 Å². The van der Waals surface area contributed by atoms with Crippen LogP contribution >= 0.6 is 11.6 Å². The van der Waals surface area contributed by atoms with Crippen LogP contribution in [0.3, 0.4) is 0 Å². The highest BCUT2D eigenvalue weighted by Gasteiger charge is 2.31. The van der Waals surface area contributed by atoms with Gasteiger partial charge in [0.2, 0.25) is 5.88 Å². The standard InChI is InChI=1S/C14H12ClF3N4O3/c1-8-4-12(20-7-11(8)22(23)24)19-2-3-25-13-10(15)5-9(6-21-13)14(16,17)18/h4-7H,2-3H2,1H3,(H,19,20). The monoisotopic (exact) mass is 376 g/mol. The van der Waals surface area contributed by atoms with Crippen LogP contribution < -0.4 is 10.1 Å². The topological polar surface area (TPSA) is 90.2 Å². The molecular weight excluding hydrogens is 365 g/mol. The number of ether oxygens (including phenoxy) is 1. The molecule has 0 aliphatic carbocycles. The van der Waals surface area contributed by atoms with Crippen LogP contribution in [0, 0.1) is 17.0 Å². The molecule has 2 rings (SSSR count). The Morgan fingerprint density at radius 1 is 1.32 bits per heavy atom. The van der Waals surface area contributed by atoms with E-state index in [9.17, 15) is 23.3 Å². The number of nitro groups is 1. The molecule has 0 saturated heterocycles. The summed E-state index contributed by atoms with van der Waals surface area (Å²) in [6.07, 6.45) is -2.77. The number of hydrogen-bond acceptors (Lipinski definition) is 6. The summed E-state index contributed by atoms with van der Waals surface area (Å²) < 4.78 is 42.7. The molecule has 134 valence electrons. The summed E-state index contributed by atoms with van der Waals surface area (Å²) in [7, 11) is 0. The Morgan fingerprint density at radius 2 is 2.04 bits per heavy atom. The molecule has 0 aliphatic rings. The number of pyridine rings is 2. The van der Waals surface area contributed by atoms with Gasteiger partial charge in [0.15, 0.2) is 0 Å². The van der Waals surface area contributed by atoms with Crippen molar-refractivity contribution in [2.45, 2.75) is 13.1 Å². The van der Waals surface area contributed by atoms with Crippen molar-refractivity contribution in [1.82, 2.24) is 9.97 Å². The molecule has 2 aromatic heterocycles. The number of anilines is 1. The largest absolute Gasteiger partial charge is 0.475 e. The van der Waals surface area contributed by atoms with E-state index in [1.54, 1.807) is 6.92 Å². The number of aryl methyl sites for hydroxylation is 1. The Balaban J connectivity index is 1.89. The zero-order chi connectivity index (χ0) is 18.6. The van der Waals surface area contributed by atoms with Gasteiger partial charge in [-0.3, -0.25) is 10.1 Å². The van der Waals surface area contributed by atoms with Gasteiger partial charge in [0.25, 0.3) is 5.69 Å². The van der Waals surface area contributed by atoms with Crippen molar-refractivity contribution < 1.29 is 22.8 Å². The zero-order valence-electron chi connectivity index (χ0n) is 12.8. The Bertz CT molecular complexity index is 786. The molecule has 7 nitrogen and oxygen atoms in total. The average molecular weight is 377 g/mol. The molecule has 11 heteroatoms. The van der Waals surface area contributed by atoms with Gasteiger partial charge in [0.1, 0.15) is 23.6 Å². The third-order valence-corrected chi connectivity index (χ3v) is 3.33. The maximum Gasteiger partial charge on any atom is 0.417 e. The normalized spacial score (nSPS) is 11.2. The van der Waals surface area contributed by atoms with Crippen molar-refractivity contribution in [2.24, 2.45) is 0 Å². The number of rotatable bonds is 6. The Kier molecular flexibility index (Phi) is 5.62. The number of alkyl halides is 3. The number of hydrogen-bond donors (Lipinski definition) is 1. The smallest absolute Gasteiger partial charge is 0.417 e. The number of nitrogens with one attached hydrogen (secondary N) is 1. The van der Waals surface area contributed by atoms with Crippen LogP contribution in [0.4, 0.5) is 24.7 Å². The first-order valence-corrected chi connectivity index (χ1v) is 7.26. The van der Waals surface area contributed by atoms with E-state index >= 15 is 0 Å². The Hall–Kier alpha value is -2.62. The predicted octanol–water partition coefficient (Wildman–Crippen LogP) is 3.86. The lowest BCUT2D eigenvalue weighted by molar-refractivity contribution is -0.385. The number of halogens is 4. The van der Waals surface area contributed by atoms with Gasteiger partial charge in [0.05, 0.1) is 17.0 Å². The summed E-state index contributed by atoms with van der Waals surface area (Å²) in [5, 5.41) is 13.3. The molecule has 0 aliphatic heterocycles.